The van der Waals surface area contributed by atoms with Gasteiger partial charge < -0.3 is 20.3 Å². The maximum atomic E-state index is 6.50. The van der Waals surface area contributed by atoms with Gasteiger partial charge in [-0.15, -0.1) is 0 Å². The highest BCUT2D eigenvalue weighted by Gasteiger charge is 2.30. The standard InChI is InChI=1S/C13H25N5O/c1-16-6-5-7-17(2)10(9-16)12(14)13-11(19-4)8-15-18(13)3/h8,10,12H,5-7,9,14H2,1-4H3. The van der Waals surface area contributed by atoms with E-state index in [9.17, 15) is 0 Å². The molecule has 1 aliphatic rings. The fraction of sp³-hybridized carbons (Fsp3) is 0.769. The first-order valence-corrected chi connectivity index (χ1v) is 6.74. The summed E-state index contributed by atoms with van der Waals surface area (Å²) >= 11 is 0. The van der Waals surface area contributed by atoms with Crippen molar-refractivity contribution in [3.63, 3.8) is 0 Å². The Morgan fingerprint density at radius 1 is 1.37 bits per heavy atom. The molecule has 2 heterocycles. The molecule has 2 N–H and O–H groups in total. The van der Waals surface area contributed by atoms with Crippen LogP contribution in [0.5, 0.6) is 5.75 Å². The molecule has 6 nitrogen and oxygen atoms in total. The maximum Gasteiger partial charge on any atom is 0.161 e. The Bertz CT molecular complexity index is 419. The van der Waals surface area contributed by atoms with Crippen molar-refractivity contribution >= 4 is 0 Å². The van der Waals surface area contributed by atoms with Gasteiger partial charge in [-0.1, -0.05) is 0 Å². The number of ether oxygens (including phenoxy) is 1. The Balaban J connectivity index is 2.25. The number of hydrogen-bond acceptors (Lipinski definition) is 5. The average molecular weight is 267 g/mol. The summed E-state index contributed by atoms with van der Waals surface area (Å²) in [6.07, 6.45) is 2.91. The molecule has 0 aliphatic carbocycles. The zero-order chi connectivity index (χ0) is 14.0. The van der Waals surface area contributed by atoms with Crippen LogP contribution in [0.25, 0.3) is 0 Å². The van der Waals surface area contributed by atoms with Crippen molar-refractivity contribution in [2.75, 3.05) is 40.8 Å². The summed E-state index contributed by atoms with van der Waals surface area (Å²) < 4.78 is 7.20. The second-order valence-electron chi connectivity index (χ2n) is 5.41. The minimum atomic E-state index is -0.104. The van der Waals surface area contributed by atoms with Gasteiger partial charge in [-0.2, -0.15) is 5.10 Å². The smallest absolute Gasteiger partial charge is 0.161 e. The summed E-state index contributed by atoms with van der Waals surface area (Å²) in [5.74, 6) is 0.773. The predicted molar refractivity (Wildman–Crippen MR) is 75.2 cm³/mol. The SMILES string of the molecule is COc1cnn(C)c1C(N)C1CN(C)CCCN1C. The molecule has 6 heteroatoms. The van der Waals surface area contributed by atoms with Gasteiger partial charge in [0.1, 0.15) is 0 Å². The van der Waals surface area contributed by atoms with Gasteiger partial charge in [0.25, 0.3) is 0 Å². The third kappa shape index (κ3) is 2.91. The van der Waals surface area contributed by atoms with Crippen LogP contribution in [0.3, 0.4) is 0 Å². The van der Waals surface area contributed by atoms with Crippen LogP contribution in [0.1, 0.15) is 18.2 Å². The van der Waals surface area contributed by atoms with Gasteiger partial charge >= 0.3 is 0 Å². The van der Waals surface area contributed by atoms with Crippen LogP contribution in [0.4, 0.5) is 0 Å². The van der Waals surface area contributed by atoms with E-state index in [4.69, 9.17) is 10.5 Å². The molecule has 1 aromatic rings. The third-order valence-corrected chi connectivity index (χ3v) is 4.02. The van der Waals surface area contributed by atoms with Crippen molar-refractivity contribution < 1.29 is 4.74 Å². The predicted octanol–water partition coefficient (Wildman–Crippen LogP) is 0.0644. The summed E-state index contributed by atoms with van der Waals surface area (Å²) in [6.45, 7) is 3.16. The Morgan fingerprint density at radius 3 is 2.79 bits per heavy atom. The molecule has 1 aliphatic heterocycles. The first-order valence-electron chi connectivity index (χ1n) is 6.74. The van der Waals surface area contributed by atoms with Crippen LogP contribution in [0, 0.1) is 0 Å². The summed E-state index contributed by atoms with van der Waals surface area (Å²) in [4.78, 5) is 4.69. The molecule has 1 saturated heterocycles. The number of aromatic nitrogens is 2. The first kappa shape index (κ1) is 14.3. The van der Waals surface area contributed by atoms with Crippen LogP contribution in [-0.4, -0.2) is 66.5 Å². The quantitative estimate of drug-likeness (QED) is 0.839. The van der Waals surface area contributed by atoms with E-state index in [1.54, 1.807) is 13.3 Å². The number of nitrogens with two attached hydrogens (primary N) is 1. The van der Waals surface area contributed by atoms with E-state index in [0.717, 1.165) is 31.1 Å². The lowest BCUT2D eigenvalue weighted by atomic mass is 10.0. The number of rotatable bonds is 3. The van der Waals surface area contributed by atoms with Gasteiger partial charge in [0.05, 0.1) is 25.0 Å². The van der Waals surface area contributed by atoms with Gasteiger partial charge in [-0.25, -0.2) is 0 Å². The molecule has 0 radical (unpaired) electrons. The number of nitrogens with zero attached hydrogens (tertiary/aromatic N) is 4. The van der Waals surface area contributed by atoms with Crippen molar-refractivity contribution in [1.82, 2.24) is 19.6 Å². The summed E-state index contributed by atoms with van der Waals surface area (Å²) in [6, 6.07) is 0.171. The van der Waals surface area contributed by atoms with E-state index in [1.807, 2.05) is 11.7 Å². The fourth-order valence-electron chi connectivity index (χ4n) is 2.84. The number of aryl methyl sites for hydroxylation is 1. The molecule has 0 bridgehead atoms. The lowest BCUT2D eigenvalue weighted by Gasteiger charge is -2.32. The van der Waals surface area contributed by atoms with Gasteiger partial charge in [0.2, 0.25) is 0 Å². The maximum absolute atomic E-state index is 6.50. The Morgan fingerprint density at radius 2 is 2.11 bits per heavy atom. The second kappa shape index (κ2) is 5.90. The molecule has 0 spiro atoms. The highest BCUT2D eigenvalue weighted by atomic mass is 16.5. The van der Waals surface area contributed by atoms with Crippen LogP contribution in [0.15, 0.2) is 6.20 Å². The van der Waals surface area contributed by atoms with E-state index in [1.165, 1.54) is 6.42 Å². The zero-order valence-electron chi connectivity index (χ0n) is 12.3. The summed E-state index contributed by atoms with van der Waals surface area (Å²) in [5, 5.41) is 4.25. The monoisotopic (exact) mass is 267 g/mol. The molecule has 2 unspecified atom stereocenters. The topological polar surface area (TPSA) is 59.6 Å². The minimum Gasteiger partial charge on any atom is -0.493 e. The van der Waals surface area contributed by atoms with Gasteiger partial charge in [0.15, 0.2) is 5.75 Å². The van der Waals surface area contributed by atoms with Crippen molar-refractivity contribution in [2.45, 2.75) is 18.5 Å². The lowest BCUT2D eigenvalue weighted by Crippen LogP contribution is -2.45. The molecule has 108 valence electrons. The van der Waals surface area contributed by atoms with Crippen LogP contribution in [-0.2, 0) is 7.05 Å². The highest BCUT2D eigenvalue weighted by Crippen LogP contribution is 2.27. The van der Waals surface area contributed by atoms with Crippen LogP contribution >= 0.6 is 0 Å². The molecule has 1 fully saturated rings. The van der Waals surface area contributed by atoms with E-state index in [2.05, 4.69) is 29.0 Å². The van der Waals surface area contributed by atoms with Gasteiger partial charge in [-0.3, -0.25) is 4.68 Å². The Kier molecular flexibility index (Phi) is 4.44. The van der Waals surface area contributed by atoms with Gasteiger partial charge in [0, 0.05) is 19.6 Å². The number of methoxy groups -OCH3 is 1. The largest absolute Gasteiger partial charge is 0.493 e. The zero-order valence-corrected chi connectivity index (χ0v) is 12.3. The van der Waals surface area contributed by atoms with E-state index in [0.29, 0.717) is 0 Å². The Hall–Kier alpha value is -1.11. The molecule has 19 heavy (non-hydrogen) atoms. The normalized spacial score (nSPS) is 24.2. The van der Waals surface area contributed by atoms with Crippen molar-refractivity contribution in [3.8, 4) is 5.75 Å². The number of hydrogen-bond donors (Lipinski definition) is 1. The molecule has 2 rings (SSSR count). The summed E-state index contributed by atoms with van der Waals surface area (Å²) in [5.41, 5.74) is 7.47. The van der Waals surface area contributed by atoms with Crippen molar-refractivity contribution in [2.24, 2.45) is 12.8 Å². The number of likely N-dealkylation sites (N-methyl/N-ethyl adjacent to an activating group) is 2. The fourth-order valence-corrected chi connectivity index (χ4v) is 2.84. The minimum absolute atomic E-state index is 0.104. The van der Waals surface area contributed by atoms with Crippen LogP contribution < -0.4 is 10.5 Å². The Labute approximate surface area is 115 Å². The van der Waals surface area contributed by atoms with Crippen LogP contribution in [0.2, 0.25) is 0 Å². The molecule has 0 aromatic carbocycles. The van der Waals surface area contributed by atoms with E-state index < -0.39 is 0 Å². The molecular formula is C13H25N5O. The third-order valence-electron chi connectivity index (χ3n) is 4.02. The van der Waals surface area contributed by atoms with Crippen molar-refractivity contribution in [1.29, 1.82) is 0 Å². The average Bonchev–Trinajstić information content (AvgIpc) is 2.67. The first-order chi connectivity index (χ1) is 9.04. The molecule has 1 aromatic heterocycles. The highest BCUT2D eigenvalue weighted by molar-refractivity contribution is 5.29. The second-order valence-corrected chi connectivity index (χ2v) is 5.41. The molecule has 0 amide bonds. The molecule has 2 atom stereocenters. The van der Waals surface area contributed by atoms with E-state index >= 15 is 0 Å². The van der Waals surface area contributed by atoms with Crippen molar-refractivity contribution in [3.05, 3.63) is 11.9 Å². The molecule has 0 saturated carbocycles. The lowest BCUT2D eigenvalue weighted by molar-refractivity contribution is 0.191. The summed E-state index contributed by atoms with van der Waals surface area (Å²) in [7, 11) is 7.88. The van der Waals surface area contributed by atoms with E-state index in [-0.39, 0.29) is 12.1 Å². The van der Waals surface area contributed by atoms with Gasteiger partial charge in [-0.05, 0) is 33.6 Å². The molecular weight excluding hydrogens is 242 g/mol.